The van der Waals surface area contributed by atoms with E-state index in [1.54, 1.807) is 56.5 Å². The molecule has 0 saturated heterocycles. The SMILES string of the molecule is COc1cccc(CN(C(=O)CN(c2ccc(OCc3ccccc3)cc2)S(C)(=O)=O)[C@H](C)C(=O)NC(C)C)c1. The zero-order chi connectivity index (χ0) is 29.3. The monoisotopic (exact) mass is 567 g/mol. The number of sulfonamides is 1. The molecule has 0 aliphatic carbocycles. The molecule has 1 atom stereocenters. The van der Waals surface area contributed by atoms with Gasteiger partial charge in [0.1, 0.15) is 30.7 Å². The van der Waals surface area contributed by atoms with Crippen LogP contribution in [0.25, 0.3) is 0 Å². The van der Waals surface area contributed by atoms with Gasteiger partial charge in [0.25, 0.3) is 0 Å². The Labute approximate surface area is 236 Å². The van der Waals surface area contributed by atoms with Crippen LogP contribution in [-0.4, -0.2) is 57.1 Å². The second-order valence-corrected chi connectivity index (χ2v) is 11.7. The highest BCUT2D eigenvalue weighted by Gasteiger charge is 2.30. The van der Waals surface area contributed by atoms with E-state index in [2.05, 4.69) is 5.32 Å². The highest BCUT2D eigenvalue weighted by Crippen LogP contribution is 2.23. The van der Waals surface area contributed by atoms with Gasteiger partial charge in [-0.1, -0.05) is 42.5 Å². The molecule has 9 nitrogen and oxygen atoms in total. The molecule has 3 rings (SSSR count). The van der Waals surface area contributed by atoms with Crippen LogP contribution in [0.2, 0.25) is 0 Å². The summed E-state index contributed by atoms with van der Waals surface area (Å²) in [5.74, 6) is 0.309. The number of nitrogens with one attached hydrogen (secondary N) is 1. The van der Waals surface area contributed by atoms with Gasteiger partial charge in [-0.05, 0) is 68.3 Å². The zero-order valence-corrected chi connectivity index (χ0v) is 24.4. The van der Waals surface area contributed by atoms with Crippen molar-refractivity contribution in [2.24, 2.45) is 0 Å². The lowest BCUT2D eigenvalue weighted by Crippen LogP contribution is -2.52. The number of hydrogen-bond donors (Lipinski definition) is 1. The minimum absolute atomic E-state index is 0.0899. The van der Waals surface area contributed by atoms with Gasteiger partial charge < -0.3 is 19.7 Å². The number of nitrogens with zero attached hydrogens (tertiary/aromatic N) is 2. The first kappa shape index (κ1) is 30.5. The maximum absolute atomic E-state index is 13.7. The molecule has 0 aromatic heterocycles. The molecule has 3 aromatic rings. The molecule has 0 fully saturated rings. The average molecular weight is 568 g/mol. The van der Waals surface area contributed by atoms with Crippen molar-refractivity contribution >= 4 is 27.5 Å². The van der Waals surface area contributed by atoms with Crippen LogP contribution >= 0.6 is 0 Å². The molecular formula is C30H37N3O6S. The van der Waals surface area contributed by atoms with Crippen LogP contribution in [0.3, 0.4) is 0 Å². The van der Waals surface area contributed by atoms with E-state index in [0.29, 0.717) is 23.8 Å². The quantitative estimate of drug-likeness (QED) is 0.335. The fourth-order valence-corrected chi connectivity index (χ4v) is 4.87. The number of methoxy groups -OCH3 is 1. The molecule has 3 aromatic carbocycles. The molecule has 0 spiro atoms. The van der Waals surface area contributed by atoms with Gasteiger partial charge in [-0.15, -0.1) is 0 Å². The summed E-state index contributed by atoms with van der Waals surface area (Å²) in [6.07, 6.45) is 1.04. The second kappa shape index (κ2) is 13.8. The van der Waals surface area contributed by atoms with Crippen molar-refractivity contribution in [1.82, 2.24) is 10.2 Å². The Balaban J connectivity index is 1.83. The van der Waals surface area contributed by atoms with Crippen LogP contribution in [0, 0.1) is 0 Å². The lowest BCUT2D eigenvalue weighted by Gasteiger charge is -2.32. The molecule has 0 aliphatic heterocycles. The number of benzene rings is 3. The van der Waals surface area contributed by atoms with Gasteiger partial charge in [-0.3, -0.25) is 13.9 Å². The van der Waals surface area contributed by atoms with Crippen LogP contribution in [0.4, 0.5) is 5.69 Å². The van der Waals surface area contributed by atoms with E-state index in [0.717, 1.165) is 21.7 Å². The summed E-state index contributed by atoms with van der Waals surface area (Å²) in [6.45, 7) is 5.26. The number of amides is 2. The Morgan fingerprint density at radius 1 is 0.875 bits per heavy atom. The Hall–Kier alpha value is -4.05. The van der Waals surface area contributed by atoms with E-state index in [1.807, 2.05) is 50.2 Å². The standard InChI is InChI=1S/C30H37N3O6S/c1-22(2)31-30(35)23(3)32(19-25-12-9-13-28(18-25)38-4)29(34)20-33(40(5,36)37)26-14-16-27(17-15-26)39-21-24-10-7-6-8-11-24/h6-18,22-23H,19-21H2,1-5H3,(H,31,35)/t23-/m1/s1. The normalized spacial score (nSPS) is 11.9. The first-order valence-corrected chi connectivity index (χ1v) is 14.8. The fraction of sp³-hybridized carbons (Fsp3) is 0.333. The minimum atomic E-state index is -3.84. The molecule has 2 amide bonds. The predicted molar refractivity (Wildman–Crippen MR) is 156 cm³/mol. The van der Waals surface area contributed by atoms with E-state index < -0.39 is 28.5 Å². The lowest BCUT2D eigenvalue weighted by molar-refractivity contribution is -0.139. The largest absolute Gasteiger partial charge is 0.497 e. The van der Waals surface area contributed by atoms with Gasteiger partial charge in [0.15, 0.2) is 0 Å². The smallest absolute Gasteiger partial charge is 0.244 e. The minimum Gasteiger partial charge on any atom is -0.497 e. The number of hydrogen-bond acceptors (Lipinski definition) is 6. The summed E-state index contributed by atoms with van der Waals surface area (Å²) < 4.78 is 37.7. The van der Waals surface area contributed by atoms with Crippen molar-refractivity contribution in [3.63, 3.8) is 0 Å². The van der Waals surface area contributed by atoms with Gasteiger partial charge >= 0.3 is 0 Å². The molecule has 214 valence electrons. The van der Waals surface area contributed by atoms with E-state index >= 15 is 0 Å². The number of ether oxygens (including phenoxy) is 2. The van der Waals surface area contributed by atoms with Gasteiger partial charge in [0.2, 0.25) is 21.8 Å². The third kappa shape index (κ3) is 8.74. The maximum Gasteiger partial charge on any atom is 0.244 e. The van der Waals surface area contributed by atoms with Crippen molar-refractivity contribution in [2.75, 3.05) is 24.2 Å². The highest BCUT2D eigenvalue weighted by atomic mass is 32.2. The highest BCUT2D eigenvalue weighted by molar-refractivity contribution is 7.92. The summed E-state index contributed by atoms with van der Waals surface area (Å²) in [6, 6.07) is 22.4. The van der Waals surface area contributed by atoms with E-state index in [4.69, 9.17) is 9.47 Å². The summed E-state index contributed by atoms with van der Waals surface area (Å²) in [5.41, 5.74) is 2.05. The van der Waals surface area contributed by atoms with Crippen molar-refractivity contribution in [3.8, 4) is 11.5 Å². The third-order valence-corrected chi connectivity index (χ3v) is 7.28. The Kier molecular flexibility index (Phi) is 10.6. The number of rotatable bonds is 13. The first-order chi connectivity index (χ1) is 19.0. The summed E-state index contributed by atoms with van der Waals surface area (Å²) >= 11 is 0. The fourth-order valence-electron chi connectivity index (χ4n) is 4.02. The van der Waals surface area contributed by atoms with Crippen molar-refractivity contribution in [2.45, 2.75) is 46.0 Å². The molecule has 1 N–H and O–H groups in total. The molecule has 10 heteroatoms. The van der Waals surface area contributed by atoms with Crippen LogP contribution in [0.15, 0.2) is 78.9 Å². The van der Waals surface area contributed by atoms with Crippen molar-refractivity contribution in [1.29, 1.82) is 0 Å². The van der Waals surface area contributed by atoms with Crippen LogP contribution < -0.4 is 19.1 Å². The third-order valence-electron chi connectivity index (χ3n) is 6.14. The predicted octanol–water partition coefficient (Wildman–Crippen LogP) is 3.98. The molecule has 40 heavy (non-hydrogen) atoms. The Bertz CT molecular complexity index is 1380. The number of carbonyl (C=O) groups is 2. The van der Waals surface area contributed by atoms with E-state index in [9.17, 15) is 18.0 Å². The van der Waals surface area contributed by atoms with Crippen molar-refractivity contribution in [3.05, 3.63) is 90.0 Å². The van der Waals surface area contributed by atoms with E-state index in [1.165, 1.54) is 4.90 Å². The molecule has 0 aliphatic rings. The zero-order valence-electron chi connectivity index (χ0n) is 23.5. The number of anilines is 1. The molecular weight excluding hydrogens is 530 g/mol. The summed E-state index contributed by atoms with van der Waals surface area (Å²) in [4.78, 5) is 27.9. The molecule has 0 unspecified atom stereocenters. The Morgan fingerprint density at radius 3 is 2.12 bits per heavy atom. The molecule has 0 saturated carbocycles. The Morgan fingerprint density at radius 2 is 1.52 bits per heavy atom. The average Bonchev–Trinajstić information content (AvgIpc) is 2.93. The lowest BCUT2D eigenvalue weighted by atomic mass is 10.1. The molecule has 0 bridgehead atoms. The number of carbonyl (C=O) groups excluding carboxylic acids is 2. The van der Waals surface area contributed by atoms with E-state index in [-0.39, 0.29) is 18.5 Å². The molecule has 0 heterocycles. The topological polar surface area (TPSA) is 105 Å². The van der Waals surface area contributed by atoms with Crippen LogP contribution in [0.5, 0.6) is 11.5 Å². The summed E-state index contributed by atoms with van der Waals surface area (Å²) in [5, 5.41) is 2.83. The van der Waals surface area contributed by atoms with Crippen molar-refractivity contribution < 1.29 is 27.5 Å². The summed E-state index contributed by atoms with van der Waals surface area (Å²) in [7, 11) is -2.29. The van der Waals surface area contributed by atoms with Gasteiger partial charge in [0.05, 0.1) is 19.1 Å². The van der Waals surface area contributed by atoms with Crippen LogP contribution in [0.1, 0.15) is 31.9 Å². The maximum atomic E-state index is 13.7. The second-order valence-electron chi connectivity index (χ2n) is 9.75. The first-order valence-electron chi connectivity index (χ1n) is 12.9. The van der Waals surface area contributed by atoms with Gasteiger partial charge in [-0.25, -0.2) is 8.42 Å². The van der Waals surface area contributed by atoms with Gasteiger partial charge in [0, 0.05) is 12.6 Å². The molecule has 0 radical (unpaired) electrons. The van der Waals surface area contributed by atoms with Crippen LogP contribution in [-0.2, 0) is 32.8 Å². The van der Waals surface area contributed by atoms with Gasteiger partial charge in [-0.2, -0.15) is 0 Å².